The minimum Gasteiger partial charge on any atom is -0.327 e. The third kappa shape index (κ3) is 4.06. The highest BCUT2D eigenvalue weighted by Gasteiger charge is 2.13. The van der Waals surface area contributed by atoms with Gasteiger partial charge in [0.2, 0.25) is 0 Å². The van der Waals surface area contributed by atoms with E-state index in [-0.39, 0.29) is 11.8 Å². The summed E-state index contributed by atoms with van der Waals surface area (Å²) in [4.78, 5) is 14.3. The first-order chi connectivity index (χ1) is 7.52. The van der Waals surface area contributed by atoms with Crippen molar-refractivity contribution in [1.82, 2.24) is 0 Å². The number of rotatable bonds is 6. The molecule has 1 aromatic heterocycles. The van der Waals surface area contributed by atoms with Crippen LogP contribution in [0.15, 0.2) is 12.1 Å². The van der Waals surface area contributed by atoms with E-state index in [4.69, 9.17) is 5.73 Å². The Balaban J connectivity index is 2.45. The number of thiophene rings is 1. The van der Waals surface area contributed by atoms with Gasteiger partial charge in [-0.3, -0.25) is 4.79 Å². The van der Waals surface area contributed by atoms with Crippen molar-refractivity contribution in [2.45, 2.75) is 46.1 Å². The standard InChI is InChI=1S/C13H21NOS/c1-4-11-5-6-12(16-11)7-10(15)8-13(14)9(2)3/h5-6,9,13H,4,7-8,14H2,1-3H3. The van der Waals surface area contributed by atoms with E-state index in [2.05, 4.69) is 32.9 Å². The van der Waals surface area contributed by atoms with E-state index < -0.39 is 0 Å². The van der Waals surface area contributed by atoms with Crippen molar-refractivity contribution >= 4 is 17.1 Å². The van der Waals surface area contributed by atoms with Gasteiger partial charge >= 0.3 is 0 Å². The van der Waals surface area contributed by atoms with Crippen LogP contribution in [0.2, 0.25) is 0 Å². The van der Waals surface area contributed by atoms with Crippen molar-refractivity contribution < 1.29 is 4.79 Å². The largest absolute Gasteiger partial charge is 0.327 e. The van der Waals surface area contributed by atoms with Gasteiger partial charge in [-0.05, 0) is 24.5 Å². The first-order valence-electron chi connectivity index (χ1n) is 5.87. The van der Waals surface area contributed by atoms with Crippen molar-refractivity contribution in [3.05, 3.63) is 21.9 Å². The molecule has 1 unspecified atom stereocenters. The zero-order chi connectivity index (χ0) is 12.1. The van der Waals surface area contributed by atoms with Crippen molar-refractivity contribution in [3.8, 4) is 0 Å². The second-order valence-electron chi connectivity index (χ2n) is 4.55. The van der Waals surface area contributed by atoms with Gasteiger partial charge in [0.1, 0.15) is 5.78 Å². The number of ketones is 1. The number of carbonyl (C=O) groups is 1. The topological polar surface area (TPSA) is 43.1 Å². The maximum Gasteiger partial charge on any atom is 0.139 e. The second-order valence-corrected chi connectivity index (χ2v) is 5.80. The van der Waals surface area contributed by atoms with Crippen molar-refractivity contribution in [2.24, 2.45) is 11.7 Å². The second kappa shape index (κ2) is 6.16. The van der Waals surface area contributed by atoms with Crippen LogP contribution in [0.1, 0.15) is 36.9 Å². The highest BCUT2D eigenvalue weighted by molar-refractivity contribution is 7.12. The number of hydrogen-bond donors (Lipinski definition) is 1. The summed E-state index contributed by atoms with van der Waals surface area (Å²) in [5, 5.41) is 0. The number of nitrogens with two attached hydrogens (primary N) is 1. The molecule has 0 fully saturated rings. The van der Waals surface area contributed by atoms with Crippen LogP contribution in [0.5, 0.6) is 0 Å². The van der Waals surface area contributed by atoms with Gasteiger partial charge in [-0.15, -0.1) is 11.3 Å². The molecule has 0 radical (unpaired) electrons. The van der Waals surface area contributed by atoms with E-state index in [1.54, 1.807) is 11.3 Å². The summed E-state index contributed by atoms with van der Waals surface area (Å²) in [6.45, 7) is 6.24. The van der Waals surface area contributed by atoms with Gasteiger partial charge in [0.15, 0.2) is 0 Å². The van der Waals surface area contributed by atoms with Gasteiger partial charge in [-0.2, -0.15) is 0 Å². The fourth-order valence-electron chi connectivity index (χ4n) is 1.47. The summed E-state index contributed by atoms with van der Waals surface area (Å²) in [6.07, 6.45) is 2.09. The van der Waals surface area contributed by atoms with Crippen molar-refractivity contribution in [2.75, 3.05) is 0 Å². The summed E-state index contributed by atoms with van der Waals surface area (Å²) in [5.41, 5.74) is 5.88. The fraction of sp³-hybridized carbons (Fsp3) is 0.615. The molecule has 16 heavy (non-hydrogen) atoms. The molecule has 0 spiro atoms. The molecule has 90 valence electrons. The number of carbonyl (C=O) groups excluding carboxylic acids is 1. The normalized spacial score (nSPS) is 13.1. The fourth-order valence-corrected chi connectivity index (χ4v) is 2.46. The number of hydrogen-bond acceptors (Lipinski definition) is 3. The zero-order valence-corrected chi connectivity index (χ0v) is 11.1. The predicted molar refractivity (Wildman–Crippen MR) is 69.8 cm³/mol. The molecular weight excluding hydrogens is 218 g/mol. The molecule has 2 N–H and O–H groups in total. The Morgan fingerprint density at radius 2 is 2.00 bits per heavy atom. The van der Waals surface area contributed by atoms with Gasteiger partial charge in [-0.25, -0.2) is 0 Å². The van der Waals surface area contributed by atoms with Crippen LogP contribution in [0.25, 0.3) is 0 Å². The third-order valence-electron chi connectivity index (χ3n) is 2.76. The first-order valence-corrected chi connectivity index (χ1v) is 6.69. The minimum absolute atomic E-state index is 0.00175. The lowest BCUT2D eigenvalue weighted by atomic mass is 9.98. The van der Waals surface area contributed by atoms with Crippen LogP contribution < -0.4 is 5.73 Å². The van der Waals surface area contributed by atoms with E-state index in [9.17, 15) is 4.79 Å². The Morgan fingerprint density at radius 3 is 2.50 bits per heavy atom. The maximum atomic E-state index is 11.8. The van der Waals surface area contributed by atoms with Crippen LogP contribution in [-0.2, 0) is 17.6 Å². The SMILES string of the molecule is CCc1ccc(CC(=O)CC(N)C(C)C)s1. The molecule has 0 aliphatic heterocycles. The molecule has 0 saturated heterocycles. The van der Waals surface area contributed by atoms with Crippen molar-refractivity contribution in [1.29, 1.82) is 0 Å². The lowest BCUT2D eigenvalue weighted by Crippen LogP contribution is -2.29. The highest BCUT2D eigenvalue weighted by atomic mass is 32.1. The van der Waals surface area contributed by atoms with E-state index in [0.29, 0.717) is 18.8 Å². The molecule has 0 aromatic carbocycles. The summed E-state index contributed by atoms with van der Waals surface area (Å²) in [7, 11) is 0. The predicted octanol–water partition coefficient (Wildman–Crippen LogP) is 2.80. The molecule has 1 heterocycles. The van der Waals surface area contributed by atoms with E-state index in [0.717, 1.165) is 11.3 Å². The van der Waals surface area contributed by atoms with Crippen LogP contribution in [0.3, 0.4) is 0 Å². The molecule has 0 aliphatic carbocycles. The van der Waals surface area contributed by atoms with E-state index >= 15 is 0 Å². The van der Waals surface area contributed by atoms with Crippen molar-refractivity contribution in [3.63, 3.8) is 0 Å². The monoisotopic (exact) mass is 239 g/mol. The van der Waals surface area contributed by atoms with E-state index in [1.807, 2.05) is 0 Å². The van der Waals surface area contributed by atoms with Crippen LogP contribution >= 0.6 is 11.3 Å². The minimum atomic E-state index is -0.00175. The Kier molecular flexibility index (Phi) is 5.16. The molecule has 0 bridgehead atoms. The average Bonchev–Trinajstić information content (AvgIpc) is 2.65. The number of aryl methyl sites for hydroxylation is 1. The van der Waals surface area contributed by atoms with Gasteiger partial charge in [-0.1, -0.05) is 20.8 Å². The molecule has 1 rings (SSSR count). The average molecular weight is 239 g/mol. The van der Waals surface area contributed by atoms with Crippen LogP contribution in [0.4, 0.5) is 0 Å². The van der Waals surface area contributed by atoms with Crippen LogP contribution in [0, 0.1) is 5.92 Å². The zero-order valence-electron chi connectivity index (χ0n) is 10.3. The Labute approximate surface area is 102 Å². The van der Waals surface area contributed by atoms with E-state index in [1.165, 1.54) is 4.88 Å². The summed E-state index contributed by atoms with van der Waals surface area (Å²) in [5.74, 6) is 0.629. The summed E-state index contributed by atoms with van der Waals surface area (Å²) < 4.78 is 0. The Bertz CT molecular complexity index is 343. The summed E-state index contributed by atoms with van der Waals surface area (Å²) >= 11 is 1.74. The molecule has 0 saturated carbocycles. The summed E-state index contributed by atoms with van der Waals surface area (Å²) in [6, 6.07) is 4.16. The Morgan fingerprint density at radius 1 is 1.38 bits per heavy atom. The molecule has 0 amide bonds. The van der Waals surface area contributed by atoms with Gasteiger partial charge in [0.25, 0.3) is 0 Å². The highest BCUT2D eigenvalue weighted by Crippen LogP contribution is 2.18. The Hall–Kier alpha value is -0.670. The molecule has 3 heteroatoms. The first kappa shape index (κ1) is 13.4. The molecule has 0 aliphatic rings. The van der Waals surface area contributed by atoms with Gasteiger partial charge in [0, 0.05) is 28.6 Å². The lowest BCUT2D eigenvalue weighted by Gasteiger charge is -2.13. The lowest BCUT2D eigenvalue weighted by molar-refractivity contribution is -0.118. The smallest absolute Gasteiger partial charge is 0.139 e. The third-order valence-corrected chi connectivity index (χ3v) is 3.99. The quantitative estimate of drug-likeness (QED) is 0.829. The number of Topliss-reactive ketones (excluding diaryl/α,β-unsaturated/α-hetero) is 1. The van der Waals surface area contributed by atoms with Gasteiger partial charge in [0.05, 0.1) is 0 Å². The molecule has 1 atom stereocenters. The molecule has 2 nitrogen and oxygen atoms in total. The maximum absolute atomic E-state index is 11.8. The molecular formula is C13H21NOS. The van der Waals surface area contributed by atoms with Gasteiger partial charge < -0.3 is 5.73 Å². The van der Waals surface area contributed by atoms with Crippen LogP contribution in [-0.4, -0.2) is 11.8 Å². The molecule has 1 aromatic rings.